The molecule has 2 aromatic carbocycles. The lowest BCUT2D eigenvalue weighted by molar-refractivity contribution is -0.115. The zero-order chi connectivity index (χ0) is 17.9. The molecule has 0 unspecified atom stereocenters. The Morgan fingerprint density at radius 1 is 1.04 bits per heavy atom. The van der Waals surface area contributed by atoms with Crippen molar-refractivity contribution in [3.05, 3.63) is 89.1 Å². The van der Waals surface area contributed by atoms with Crippen LogP contribution in [-0.2, 0) is 4.79 Å². The molecule has 5 heteroatoms. The van der Waals surface area contributed by atoms with E-state index in [4.69, 9.17) is 0 Å². The molecule has 0 radical (unpaired) electrons. The molecule has 1 aliphatic heterocycles. The molecule has 3 aromatic rings. The van der Waals surface area contributed by atoms with Gasteiger partial charge in [0.15, 0.2) is 5.17 Å². The van der Waals surface area contributed by atoms with Gasteiger partial charge in [0.1, 0.15) is 0 Å². The number of nitrogens with one attached hydrogen (secondary N) is 1. The number of aryl methyl sites for hydroxylation is 1. The summed E-state index contributed by atoms with van der Waals surface area (Å²) in [6.07, 6.45) is 5.88. The molecule has 0 atom stereocenters. The van der Waals surface area contributed by atoms with Crippen molar-refractivity contribution in [1.29, 1.82) is 0 Å². The van der Waals surface area contributed by atoms with E-state index >= 15 is 0 Å². The summed E-state index contributed by atoms with van der Waals surface area (Å²) in [7, 11) is 0. The fourth-order valence-corrected chi connectivity index (χ4v) is 3.52. The molecule has 26 heavy (non-hydrogen) atoms. The van der Waals surface area contributed by atoms with Crippen LogP contribution in [0, 0.1) is 6.92 Å². The normalized spacial score (nSPS) is 17.0. The smallest absolute Gasteiger partial charge is 0.264 e. The molecule has 0 spiro atoms. The van der Waals surface area contributed by atoms with E-state index in [1.165, 1.54) is 11.8 Å². The zero-order valence-corrected chi connectivity index (χ0v) is 15.0. The first-order valence-electron chi connectivity index (χ1n) is 8.28. The lowest BCUT2D eigenvalue weighted by Gasteiger charge is -2.00. The monoisotopic (exact) mass is 359 g/mol. The minimum Gasteiger partial charge on any atom is -0.323 e. The van der Waals surface area contributed by atoms with E-state index in [9.17, 15) is 4.79 Å². The van der Waals surface area contributed by atoms with Crippen molar-refractivity contribution in [3.63, 3.8) is 0 Å². The van der Waals surface area contributed by atoms with Crippen molar-refractivity contribution in [3.8, 4) is 5.69 Å². The van der Waals surface area contributed by atoms with Crippen LogP contribution in [0.3, 0.4) is 0 Å². The maximum Gasteiger partial charge on any atom is 0.264 e. The zero-order valence-electron chi connectivity index (χ0n) is 14.2. The highest BCUT2D eigenvalue weighted by atomic mass is 32.2. The van der Waals surface area contributed by atoms with E-state index in [-0.39, 0.29) is 5.91 Å². The summed E-state index contributed by atoms with van der Waals surface area (Å²) in [5, 5.41) is 3.45. The number of benzene rings is 2. The van der Waals surface area contributed by atoms with Crippen molar-refractivity contribution in [2.45, 2.75) is 6.92 Å². The number of aliphatic imine (C=N–C) groups is 1. The first-order valence-corrected chi connectivity index (χ1v) is 9.09. The number of amidine groups is 1. The molecule has 1 aromatic heterocycles. The summed E-state index contributed by atoms with van der Waals surface area (Å²) >= 11 is 1.36. The van der Waals surface area contributed by atoms with Crippen LogP contribution in [-0.4, -0.2) is 15.6 Å². The molecule has 1 amide bonds. The van der Waals surface area contributed by atoms with Gasteiger partial charge in [0.05, 0.1) is 10.6 Å². The lowest BCUT2D eigenvalue weighted by Crippen LogP contribution is -2.19. The summed E-state index contributed by atoms with van der Waals surface area (Å²) in [6, 6.07) is 19.9. The number of amides is 1. The van der Waals surface area contributed by atoms with Gasteiger partial charge in [0.2, 0.25) is 0 Å². The largest absolute Gasteiger partial charge is 0.323 e. The third-order valence-corrected chi connectivity index (χ3v) is 4.97. The van der Waals surface area contributed by atoms with E-state index < -0.39 is 0 Å². The maximum absolute atomic E-state index is 12.3. The number of para-hydroxylation sites is 2. The minimum atomic E-state index is -0.116. The van der Waals surface area contributed by atoms with Crippen LogP contribution in [0.25, 0.3) is 11.8 Å². The van der Waals surface area contributed by atoms with Crippen LogP contribution in [0.1, 0.15) is 11.1 Å². The van der Waals surface area contributed by atoms with E-state index in [0.717, 1.165) is 22.5 Å². The van der Waals surface area contributed by atoms with Gasteiger partial charge in [0, 0.05) is 18.1 Å². The third kappa shape index (κ3) is 3.48. The van der Waals surface area contributed by atoms with Gasteiger partial charge in [0.25, 0.3) is 5.91 Å². The molecule has 0 bridgehead atoms. The van der Waals surface area contributed by atoms with Gasteiger partial charge in [-0.1, -0.05) is 36.4 Å². The number of nitrogens with zero attached hydrogens (tertiary/aromatic N) is 2. The Hall–Kier alpha value is -3.05. The van der Waals surface area contributed by atoms with Crippen LogP contribution in [0.5, 0.6) is 0 Å². The molecule has 1 fully saturated rings. The first kappa shape index (κ1) is 16.4. The fourth-order valence-electron chi connectivity index (χ4n) is 2.69. The van der Waals surface area contributed by atoms with Gasteiger partial charge < -0.3 is 9.88 Å². The number of thioether (sulfide) groups is 1. The van der Waals surface area contributed by atoms with Crippen molar-refractivity contribution in [2.75, 3.05) is 0 Å². The standard InChI is InChI=1S/C21H17N3OS/c1-15-7-5-6-10-18(15)22-21-23-20(25)19(26-21)13-16-11-12-24(14-16)17-8-3-2-4-9-17/h2-14H,1H3,(H,22,23,25)/b19-13+. The second kappa shape index (κ2) is 7.06. The average Bonchev–Trinajstić information content (AvgIpc) is 3.25. The van der Waals surface area contributed by atoms with E-state index in [0.29, 0.717) is 10.1 Å². The average molecular weight is 359 g/mol. The van der Waals surface area contributed by atoms with Crippen molar-refractivity contribution < 1.29 is 4.79 Å². The number of aromatic nitrogens is 1. The van der Waals surface area contributed by atoms with Crippen LogP contribution < -0.4 is 5.32 Å². The molecule has 0 saturated carbocycles. The summed E-state index contributed by atoms with van der Waals surface area (Å²) in [5.41, 5.74) is 4.00. The number of carbonyl (C=O) groups excluding carboxylic acids is 1. The van der Waals surface area contributed by atoms with Crippen molar-refractivity contribution in [2.24, 2.45) is 4.99 Å². The summed E-state index contributed by atoms with van der Waals surface area (Å²) in [5.74, 6) is -0.116. The Kier molecular flexibility index (Phi) is 4.46. The SMILES string of the molecule is Cc1ccccc1N=C1NC(=O)/C(=C\c2ccn(-c3ccccc3)c2)S1. The molecule has 2 heterocycles. The molecule has 4 nitrogen and oxygen atoms in total. The molecule has 1 aliphatic rings. The quantitative estimate of drug-likeness (QED) is 0.690. The molecular formula is C21H17N3OS. The van der Waals surface area contributed by atoms with Crippen molar-refractivity contribution in [1.82, 2.24) is 9.88 Å². The van der Waals surface area contributed by atoms with E-state index in [1.54, 1.807) is 0 Å². The molecule has 128 valence electrons. The van der Waals surface area contributed by atoms with Crippen LogP contribution in [0.15, 0.2) is 83.0 Å². The van der Waals surface area contributed by atoms with Gasteiger partial charge in [-0.05, 0) is 60.2 Å². The predicted molar refractivity (Wildman–Crippen MR) is 108 cm³/mol. The second-order valence-corrected chi connectivity index (χ2v) is 6.99. The highest BCUT2D eigenvalue weighted by Crippen LogP contribution is 2.29. The highest BCUT2D eigenvalue weighted by molar-refractivity contribution is 8.18. The molecular weight excluding hydrogens is 342 g/mol. The van der Waals surface area contributed by atoms with Gasteiger partial charge in [-0.25, -0.2) is 4.99 Å². The van der Waals surface area contributed by atoms with Crippen LogP contribution in [0.4, 0.5) is 5.69 Å². The molecule has 4 rings (SSSR count). The summed E-state index contributed by atoms with van der Waals surface area (Å²) in [4.78, 5) is 17.4. The lowest BCUT2D eigenvalue weighted by atomic mass is 10.2. The molecule has 1 saturated heterocycles. The first-order chi connectivity index (χ1) is 12.7. The topological polar surface area (TPSA) is 46.4 Å². The molecule has 0 aliphatic carbocycles. The van der Waals surface area contributed by atoms with Gasteiger partial charge >= 0.3 is 0 Å². The number of hydrogen-bond donors (Lipinski definition) is 1. The number of hydrogen-bond acceptors (Lipinski definition) is 3. The Morgan fingerprint density at radius 2 is 1.81 bits per heavy atom. The van der Waals surface area contributed by atoms with E-state index in [2.05, 4.69) is 10.3 Å². The fraction of sp³-hybridized carbons (Fsp3) is 0.0476. The number of rotatable bonds is 3. The highest BCUT2D eigenvalue weighted by Gasteiger charge is 2.24. The molecule has 1 N–H and O–H groups in total. The third-order valence-electron chi connectivity index (χ3n) is 4.06. The maximum atomic E-state index is 12.3. The summed E-state index contributed by atoms with van der Waals surface area (Å²) < 4.78 is 2.03. The number of carbonyl (C=O) groups is 1. The Balaban J connectivity index is 1.56. The van der Waals surface area contributed by atoms with Gasteiger partial charge in [-0.15, -0.1) is 0 Å². The Morgan fingerprint density at radius 3 is 2.62 bits per heavy atom. The van der Waals surface area contributed by atoms with E-state index in [1.807, 2.05) is 90.6 Å². The van der Waals surface area contributed by atoms with Crippen LogP contribution >= 0.6 is 11.8 Å². The Bertz CT molecular complexity index is 1020. The minimum absolute atomic E-state index is 0.116. The van der Waals surface area contributed by atoms with Gasteiger partial charge in [-0.3, -0.25) is 4.79 Å². The summed E-state index contributed by atoms with van der Waals surface area (Å²) in [6.45, 7) is 2.00. The van der Waals surface area contributed by atoms with Gasteiger partial charge in [-0.2, -0.15) is 0 Å². The Labute approximate surface area is 156 Å². The van der Waals surface area contributed by atoms with Crippen molar-refractivity contribution >= 4 is 34.6 Å². The predicted octanol–water partition coefficient (Wildman–Crippen LogP) is 4.68. The second-order valence-electron chi connectivity index (χ2n) is 5.96. The van der Waals surface area contributed by atoms with Crippen LogP contribution in [0.2, 0.25) is 0 Å².